The average Bonchev–Trinajstić information content (AvgIpc) is 4.13. The topological polar surface area (TPSA) is 195 Å². The number of sulfonamides is 1. The SMILES string of the molecule is C=C[C@@H]1C[C@]1(NC(=O)[C@@H]1C[C@@H](Oc2cc(-c3ccccc3)nc3cc(OC)ccc23)CN1C(=O)[C@@H](NC(=O)OC(C)(C)C)C(C)(C)C)C(=O)NS(=O)(=O)C1(Cc2ccncc2)CC1. The maximum Gasteiger partial charge on any atom is 0.408 e. The Kier molecular flexibility index (Phi) is 12.1. The molecule has 2 aliphatic carbocycles. The molecule has 4 aromatic rings. The van der Waals surface area contributed by atoms with Crippen LogP contribution in [0.25, 0.3) is 22.2 Å². The van der Waals surface area contributed by atoms with Crippen LogP contribution in [0.15, 0.2) is 91.8 Å². The van der Waals surface area contributed by atoms with Crippen LogP contribution in [0.4, 0.5) is 4.79 Å². The van der Waals surface area contributed by atoms with Crippen LogP contribution in [-0.4, -0.2) is 94.8 Å². The first-order valence-corrected chi connectivity index (χ1v) is 22.6. The molecule has 3 aliphatic rings. The first kappa shape index (κ1) is 45.0. The van der Waals surface area contributed by atoms with Crippen molar-refractivity contribution in [2.75, 3.05) is 13.7 Å². The van der Waals surface area contributed by atoms with E-state index < -0.39 is 79.2 Å². The first-order valence-electron chi connectivity index (χ1n) is 21.1. The molecular formula is C47H56N6O9S. The minimum absolute atomic E-state index is 0.00862. The fourth-order valence-electron chi connectivity index (χ4n) is 8.16. The number of carbonyl (C=O) groups excluding carboxylic acids is 4. The number of hydrogen-bond acceptors (Lipinski definition) is 11. The third kappa shape index (κ3) is 9.65. The third-order valence-electron chi connectivity index (χ3n) is 11.9. The van der Waals surface area contributed by atoms with E-state index in [1.165, 1.54) is 11.0 Å². The van der Waals surface area contributed by atoms with Crippen molar-refractivity contribution in [2.24, 2.45) is 11.3 Å². The van der Waals surface area contributed by atoms with E-state index in [2.05, 4.69) is 26.9 Å². The van der Waals surface area contributed by atoms with Crippen LogP contribution < -0.4 is 24.8 Å². The monoisotopic (exact) mass is 880 g/mol. The summed E-state index contributed by atoms with van der Waals surface area (Å²) in [5.74, 6) is -1.68. The molecule has 3 N–H and O–H groups in total. The predicted octanol–water partition coefficient (Wildman–Crippen LogP) is 5.88. The summed E-state index contributed by atoms with van der Waals surface area (Å²) in [7, 11) is -2.63. The Bertz CT molecular complexity index is 2520. The smallest absolute Gasteiger partial charge is 0.408 e. The average molecular weight is 881 g/mol. The van der Waals surface area contributed by atoms with Crippen molar-refractivity contribution in [1.82, 2.24) is 30.2 Å². The molecule has 0 radical (unpaired) electrons. The number of methoxy groups -OCH3 is 1. The lowest BCUT2D eigenvalue weighted by atomic mass is 9.85. The van der Waals surface area contributed by atoms with Gasteiger partial charge in [-0.2, -0.15) is 0 Å². The van der Waals surface area contributed by atoms with Crippen molar-refractivity contribution in [3.63, 3.8) is 0 Å². The number of nitrogens with one attached hydrogen (secondary N) is 3. The second kappa shape index (κ2) is 16.9. The Labute approximate surface area is 368 Å². The van der Waals surface area contributed by atoms with E-state index >= 15 is 0 Å². The maximum absolute atomic E-state index is 14.8. The number of fused-ring (bicyclic) bond motifs is 1. The van der Waals surface area contributed by atoms with E-state index in [-0.39, 0.29) is 25.8 Å². The van der Waals surface area contributed by atoms with Gasteiger partial charge in [-0.05, 0) is 81.7 Å². The summed E-state index contributed by atoms with van der Waals surface area (Å²) in [6, 6.07) is 17.9. The van der Waals surface area contributed by atoms with Crippen LogP contribution in [-0.2, 0) is 35.6 Å². The highest BCUT2D eigenvalue weighted by Gasteiger charge is 2.63. The zero-order valence-corrected chi connectivity index (χ0v) is 37.6. The molecule has 0 bridgehead atoms. The summed E-state index contributed by atoms with van der Waals surface area (Å²) in [6.45, 7) is 14.3. The van der Waals surface area contributed by atoms with Crippen LogP contribution >= 0.6 is 0 Å². The van der Waals surface area contributed by atoms with E-state index in [9.17, 15) is 27.6 Å². The van der Waals surface area contributed by atoms with E-state index in [0.29, 0.717) is 40.9 Å². The molecule has 0 spiro atoms. The fraction of sp³-hybridized carbons (Fsp3) is 0.447. The Hall–Kier alpha value is -6.03. The third-order valence-corrected chi connectivity index (χ3v) is 14.0. The van der Waals surface area contributed by atoms with Crippen LogP contribution in [0.3, 0.4) is 0 Å². The van der Waals surface area contributed by atoms with Crippen molar-refractivity contribution < 1.29 is 41.8 Å². The summed E-state index contributed by atoms with van der Waals surface area (Å²) >= 11 is 0. The largest absolute Gasteiger partial charge is 0.497 e. The Balaban J connectivity index is 1.20. The summed E-state index contributed by atoms with van der Waals surface area (Å²) < 4.78 is 46.7. The van der Waals surface area contributed by atoms with Crippen molar-refractivity contribution in [2.45, 2.75) is 108 Å². The molecule has 2 saturated carbocycles. The molecular weight excluding hydrogens is 825 g/mol. The molecule has 7 rings (SSSR count). The number of rotatable bonds is 14. The van der Waals surface area contributed by atoms with Gasteiger partial charge >= 0.3 is 6.09 Å². The number of amides is 4. The number of pyridine rings is 2. The summed E-state index contributed by atoms with van der Waals surface area (Å²) in [4.78, 5) is 67.2. The van der Waals surface area contributed by atoms with Crippen LogP contribution in [0, 0.1) is 11.3 Å². The van der Waals surface area contributed by atoms with Crippen molar-refractivity contribution in [3.8, 4) is 22.8 Å². The molecule has 1 saturated heterocycles. The van der Waals surface area contributed by atoms with Crippen LogP contribution in [0.1, 0.15) is 72.8 Å². The van der Waals surface area contributed by atoms with Gasteiger partial charge < -0.3 is 29.7 Å². The highest BCUT2D eigenvalue weighted by molar-refractivity contribution is 7.91. The second-order valence-electron chi connectivity index (χ2n) is 18.8. The Morgan fingerprint density at radius 2 is 1.68 bits per heavy atom. The van der Waals surface area contributed by atoms with E-state index in [0.717, 1.165) is 11.1 Å². The molecule has 2 aromatic heterocycles. The number of alkyl carbamates (subject to hydrolysis) is 1. The van der Waals surface area contributed by atoms with Gasteiger partial charge in [0.05, 0.1) is 29.6 Å². The lowest BCUT2D eigenvalue weighted by molar-refractivity contribution is -0.143. The molecule has 3 fully saturated rings. The van der Waals surface area contributed by atoms with Gasteiger partial charge in [0.15, 0.2) is 0 Å². The number of benzene rings is 2. The molecule has 16 heteroatoms. The van der Waals surface area contributed by atoms with Gasteiger partial charge in [-0.3, -0.25) is 24.1 Å². The molecule has 5 atom stereocenters. The highest BCUT2D eigenvalue weighted by atomic mass is 32.2. The summed E-state index contributed by atoms with van der Waals surface area (Å²) in [5, 5.41) is 6.27. The van der Waals surface area contributed by atoms with Crippen LogP contribution in [0.2, 0.25) is 0 Å². The van der Waals surface area contributed by atoms with E-state index in [1.54, 1.807) is 85.3 Å². The van der Waals surface area contributed by atoms with Gasteiger partial charge in [-0.15, -0.1) is 6.58 Å². The predicted molar refractivity (Wildman–Crippen MR) is 237 cm³/mol. The zero-order valence-electron chi connectivity index (χ0n) is 36.8. The molecule has 0 unspecified atom stereocenters. The summed E-state index contributed by atoms with van der Waals surface area (Å²) in [5.41, 5.74) is -0.517. The van der Waals surface area contributed by atoms with Gasteiger partial charge in [-0.1, -0.05) is 57.2 Å². The van der Waals surface area contributed by atoms with E-state index in [1.807, 2.05) is 42.5 Å². The minimum atomic E-state index is -4.20. The van der Waals surface area contributed by atoms with Gasteiger partial charge in [-0.25, -0.2) is 18.2 Å². The van der Waals surface area contributed by atoms with Crippen LogP contribution in [0.5, 0.6) is 11.5 Å². The highest BCUT2D eigenvalue weighted by Crippen LogP contribution is 2.49. The fourth-order valence-corrected chi connectivity index (χ4v) is 9.80. The van der Waals surface area contributed by atoms with Gasteiger partial charge in [0, 0.05) is 47.8 Å². The molecule has 15 nitrogen and oxygen atoms in total. The second-order valence-corrected chi connectivity index (χ2v) is 20.9. The Morgan fingerprint density at radius 1 is 0.984 bits per heavy atom. The molecule has 3 heterocycles. The lowest BCUT2D eigenvalue weighted by Crippen LogP contribution is -2.60. The maximum atomic E-state index is 14.8. The number of nitrogens with zero attached hydrogens (tertiary/aromatic N) is 3. The normalized spacial score (nSPS) is 22.0. The molecule has 4 amide bonds. The molecule has 334 valence electrons. The minimum Gasteiger partial charge on any atom is -0.497 e. The van der Waals surface area contributed by atoms with Gasteiger partial charge in [0.2, 0.25) is 21.8 Å². The van der Waals surface area contributed by atoms with E-state index in [4.69, 9.17) is 19.2 Å². The van der Waals surface area contributed by atoms with Crippen molar-refractivity contribution >= 4 is 44.7 Å². The quantitative estimate of drug-likeness (QED) is 0.128. The number of likely N-dealkylation sites (tertiary alicyclic amines) is 1. The Morgan fingerprint density at radius 3 is 2.29 bits per heavy atom. The number of carbonyl (C=O) groups is 4. The molecule has 1 aliphatic heterocycles. The first-order chi connectivity index (χ1) is 29.7. The number of hydrogen-bond donors (Lipinski definition) is 3. The molecule has 2 aromatic carbocycles. The van der Waals surface area contributed by atoms with Crippen molar-refractivity contribution in [1.29, 1.82) is 0 Å². The molecule has 63 heavy (non-hydrogen) atoms. The standard InChI is InChI=1S/C47H56N6O9S/c1-9-31-27-47(31,42(56)52-63(58,59)46(19-20-46)26-29-17-21-48-22-18-29)51-40(54)37-24-33(28-53(37)41(55)39(44(2,3)4)50-43(57)62-45(5,6)7)61-38-25-35(30-13-11-10-12-14-30)49-36-23-32(60-8)15-16-34(36)38/h9-18,21-23,25,31,33,37,39H,1,19-20,24,26-28H2,2-8H3,(H,50,57)(H,51,54)(H,52,56)/t31-,33-,37+,39-,47-/m1/s1. The summed E-state index contributed by atoms with van der Waals surface area (Å²) in [6.07, 6.45) is 4.13. The number of ether oxygens (including phenoxy) is 3. The lowest BCUT2D eigenvalue weighted by Gasteiger charge is -2.36. The van der Waals surface area contributed by atoms with Crippen molar-refractivity contribution in [3.05, 3.63) is 97.3 Å². The van der Waals surface area contributed by atoms with Gasteiger partial charge in [0.1, 0.15) is 40.8 Å². The zero-order chi connectivity index (χ0) is 45.5. The van der Waals surface area contributed by atoms with Gasteiger partial charge in [0.25, 0.3) is 5.91 Å². The number of aromatic nitrogens is 2.